The average Bonchev–Trinajstić information content (AvgIpc) is 3.03. The van der Waals surface area contributed by atoms with Crippen LogP contribution in [0.25, 0.3) is 0 Å². The number of carbonyl (C=O) groups is 6. The maximum absolute atomic E-state index is 13.0. The molecule has 0 saturated heterocycles. The molecule has 6 N–H and O–H groups in total. The molecule has 0 aromatic heterocycles. The summed E-state index contributed by atoms with van der Waals surface area (Å²) in [5.41, 5.74) is 1.45. The lowest BCUT2D eigenvalue weighted by atomic mass is 10.0. The van der Waals surface area contributed by atoms with E-state index in [0.717, 1.165) is 18.4 Å². The summed E-state index contributed by atoms with van der Waals surface area (Å²) in [6.07, 6.45) is 6.16. The van der Waals surface area contributed by atoms with E-state index >= 15 is 0 Å². The summed E-state index contributed by atoms with van der Waals surface area (Å²) in [4.78, 5) is 73.8. The lowest BCUT2D eigenvalue weighted by Gasteiger charge is -2.19. The standard InChI is InChI=1S/C35H57N5O7/c1-6-7-8-13-28(40-33(44)27-19-17-26(18-20-27)22-37-25(4)5)34(45)38-23-32(43)39-29(35(46)47)14-11-12-21-36-31(42)16-10-9-15-30(41)24(2)3/h17-20,24-25,28-29,37H,6-16,21-23H2,1-5H3,(H,36,42)(H,38,45)(H,39,43)(H,40,44)(H,46,47). The molecule has 0 radical (unpaired) electrons. The minimum absolute atomic E-state index is 0.000882. The molecule has 1 aromatic rings. The Kier molecular flexibility index (Phi) is 20.6. The molecule has 0 saturated carbocycles. The zero-order chi connectivity index (χ0) is 35.2. The summed E-state index contributed by atoms with van der Waals surface area (Å²) in [5, 5.41) is 23.4. The Balaban J connectivity index is 2.51. The van der Waals surface area contributed by atoms with E-state index in [1.807, 2.05) is 32.9 Å². The summed E-state index contributed by atoms with van der Waals surface area (Å²) < 4.78 is 0. The summed E-state index contributed by atoms with van der Waals surface area (Å²) in [6, 6.07) is 5.47. The molecule has 0 spiro atoms. The Bertz CT molecular complexity index is 1140. The lowest BCUT2D eigenvalue weighted by Crippen LogP contribution is -2.50. The fraction of sp³-hybridized carbons (Fsp3) is 0.657. The Hall–Kier alpha value is -3.80. The third kappa shape index (κ3) is 18.8. The number of hydrogen-bond acceptors (Lipinski definition) is 7. The predicted molar refractivity (Wildman–Crippen MR) is 182 cm³/mol. The van der Waals surface area contributed by atoms with Crippen molar-refractivity contribution in [1.29, 1.82) is 0 Å². The van der Waals surface area contributed by atoms with Crippen molar-refractivity contribution >= 4 is 35.4 Å². The number of carbonyl (C=O) groups excluding carboxylic acids is 5. The van der Waals surface area contributed by atoms with Crippen molar-refractivity contribution in [1.82, 2.24) is 26.6 Å². The second-order valence-corrected chi connectivity index (χ2v) is 12.6. The van der Waals surface area contributed by atoms with E-state index in [1.54, 1.807) is 12.1 Å². The second-order valence-electron chi connectivity index (χ2n) is 12.6. The first-order chi connectivity index (χ1) is 22.3. The van der Waals surface area contributed by atoms with Crippen LogP contribution in [-0.2, 0) is 30.5 Å². The molecule has 47 heavy (non-hydrogen) atoms. The molecule has 0 aliphatic heterocycles. The smallest absolute Gasteiger partial charge is 0.326 e. The molecule has 12 nitrogen and oxygen atoms in total. The van der Waals surface area contributed by atoms with Crippen molar-refractivity contribution in [2.75, 3.05) is 13.1 Å². The molecule has 264 valence electrons. The third-order valence-electron chi connectivity index (χ3n) is 7.67. The van der Waals surface area contributed by atoms with E-state index in [9.17, 15) is 33.9 Å². The van der Waals surface area contributed by atoms with Gasteiger partial charge in [0.1, 0.15) is 17.9 Å². The quantitative estimate of drug-likeness (QED) is 0.0861. The molecular weight excluding hydrogens is 602 g/mol. The molecule has 0 heterocycles. The van der Waals surface area contributed by atoms with Crippen molar-refractivity contribution in [3.63, 3.8) is 0 Å². The van der Waals surface area contributed by atoms with Gasteiger partial charge in [-0.25, -0.2) is 4.79 Å². The minimum atomic E-state index is -1.19. The normalized spacial score (nSPS) is 12.3. The second kappa shape index (κ2) is 23.5. The first-order valence-corrected chi connectivity index (χ1v) is 17.1. The molecule has 1 aromatic carbocycles. The summed E-state index contributed by atoms with van der Waals surface area (Å²) in [5.74, 6) is -2.68. The van der Waals surface area contributed by atoms with Crippen molar-refractivity contribution in [3.8, 4) is 0 Å². The minimum Gasteiger partial charge on any atom is -0.480 e. The lowest BCUT2D eigenvalue weighted by molar-refractivity contribution is -0.142. The highest BCUT2D eigenvalue weighted by Crippen LogP contribution is 2.09. The number of Topliss-reactive ketones (excluding diaryl/α,β-unsaturated/α-hetero) is 1. The molecule has 12 heteroatoms. The first-order valence-electron chi connectivity index (χ1n) is 17.1. The zero-order valence-corrected chi connectivity index (χ0v) is 28.9. The highest BCUT2D eigenvalue weighted by Gasteiger charge is 2.24. The Morgan fingerprint density at radius 3 is 1.98 bits per heavy atom. The van der Waals surface area contributed by atoms with Gasteiger partial charge in [-0.2, -0.15) is 0 Å². The van der Waals surface area contributed by atoms with E-state index in [-0.39, 0.29) is 24.0 Å². The zero-order valence-electron chi connectivity index (χ0n) is 28.9. The summed E-state index contributed by atoms with van der Waals surface area (Å²) in [6.45, 7) is 10.5. The number of amides is 4. The van der Waals surface area contributed by atoms with Crippen molar-refractivity contribution < 1.29 is 33.9 Å². The number of carboxylic acid groups (broad SMARTS) is 1. The first kappa shape index (κ1) is 41.2. The number of unbranched alkanes of at least 4 members (excludes halogenated alkanes) is 4. The third-order valence-corrected chi connectivity index (χ3v) is 7.67. The van der Waals surface area contributed by atoms with Crippen LogP contribution in [0.1, 0.15) is 121 Å². The van der Waals surface area contributed by atoms with E-state index < -0.39 is 42.3 Å². The summed E-state index contributed by atoms with van der Waals surface area (Å²) >= 11 is 0. The summed E-state index contributed by atoms with van der Waals surface area (Å²) in [7, 11) is 0. The Morgan fingerprint density at radius 1 is 0.723 bits per heavy atom. The van der Waals surface area contributed by atoms with Gasteiger partial charge in [-0.15, -0.1) is 0 Å². The predicted octanol–water partition coefficient (Wildman–Crippen LogP) is 3.62. The van der Waals surface area contributed by atoms with Crippen LogP contribution in [0.3, 0.4) is 0 Å². The highest BCUT2D eigenvalue weighted by atomic mass is 16.4. The van der Waals surface area contributed by atoms with E-state index in [1.165, 1.54) is 0 Å². The molecule has 0 aliphatic rings. The van der Waals surface area contributed by atoms with Gasteiger partial charge in [-0.05, 0) is 56.2 Å². The SMILES string of the molecule is CCCCCC(NC(=O)c1ccc(CNC(C)C)cc1)C(=O)NCC(=O)NC(CCCCNC(=O)CCCCC(=O)C(C)C)C(=O)O. The van der Waals surface area contributed by atoms with Crippen LogP contribution in [0.4, 0.5) is 0 Å². The van der Waals surface area contributed by atoms with Crippen LogP contribution >= 0.6 is 0 Å². The molecule has 0 bridgehead atoms. The van der Waals surface area contributed by atoms with Gasteiger partial charge >= 0.3 is 5.97 Å². The Labute approximate surface area is 280 Å². The molecule has 2 unspecified atom stereocenters. The van der Waals surface area contributed by atoms with Gasteiger partial charge in [0.05, 0.1) is 6.54 Å². The monoisotopic (exact) mass is 659 g/mol. The molecule has 2 atom stereocenters. The van der Waals surface area contributed by atoms with Gasteiger partial charge in [0, 0.05) is 43.5 Å². The number of hydrogen-bond donors (Lipinski definition) is 6. The number of nitrogens with one attached hydrogen (secondary N) is 5. The molecule has 1 rings (SSSR count). The van der Waals surface area contributed by atoms with E-state index in [2.05, 4.69) is 40.4 Å². The highest BCUT2D eigenvalue weighted by molar-refractivity contribution is 5.98. The number of aliphatic carboxylic acids is 1. The fourth-order valence-electron chi connectivity index (χ4n) is 4.66. The number of ketones is 1. The largest absolute Gasteiger partial charge is 0.480 e. The fourth-order valence-corrected chi connectivity index (χ4v) is 4.66. The maximum atomic E-state index is 13.0. The van der Waals surface area contributed by atoms with Gasteiger partial charge in [0.15, 0.2) is 0 Å². The average molecular weight is 660 g/mol. The molecular formula is C35H57N5O7. The van der Waals surface area contributed by atoms with Crippen LogP contribution in [0.2, 0.25) is 0 Å². The molecule has 0 fully saturated rings. The van der Waals surface area contributed by atoms with Crippen molar-refractivity contribution in [2.24, 2.45) is 5.92 Å². The van der Waals surface area contributed by atoms with E-state index in [0.29, 0.717) is 76.1 Å². The molecule has 0 aliphatic carbocycles. The number of carboxylic acids is 1. The van der Waals surface area contributed by atoms with Crippen LogP contribution in [-0.4, -0.2) is 71.7 Å². The molecule has 4 amide bonds. The van der Waals surface area contributed by atoms with Crippen molar-refractivity contribution in [3.05, 3.63) is 35.4 Å². The van der Waals surface area contributed by atoms with Crippen LogP contribution in [0.5, 0.6) is 0 Å². The van der Waals surface area contributed by atoms with Crippen LogP contribution in [0.15, 0.2) is 24.3 Å². The van der Waals surface area contributed by atoms with Crippen LogP contribution in [0, 0.1) is 5.92 Å². The van der Waals surface area contributed by atoms with Gasteiger partial charge in [-0.3, -0.25) is 24.0 Å². The van der Waals surface area contributed by atoms with E-state index in [4.69, 9.17) is 0 Å². The number of rotatable bonds is 25. The van der Waals surface area contributed by atoms with Gasteiger partial charge < -0.3 is 31.7 Å². The Morgan fingerprint density at radius 2 is 1.36 bits per heavy atom. The number of benzene rings is 1. The maximum Gasteiger partial charge on any atom is 0.326 e. The van der Waals surface area contributed by atoms with Crippen molar-refractivity contribution in [2.45, 2.75) is 130 Å². The topological polar surface area (TPSA) is 183 Å². The van der Waals surface area contributed by atoms with Gasteiger partial charge in [0.25, 0.3) is 5.91 Å². The van der Waals surface area contributed by atoms with Gasteiger partial charge in [-0.1, -0.05) is 66.0 Å². The van der Waals surface area contributed by atoms with Crippen LogP contribution < -0.4 is 26.6 Å². The van der Waals surface area contributed by atoms with Gasteiger partial charge in [0.2, 0.25) is 17.7 Å².